The second kappa shape index (κ2) is 7.14. The zero-order valence-corrected chi connectivity index (χ0v) is 14.9. The summed E-state index contributed by atoms with van der Waals surface area (Å²) in [7, 11) is 0. The summed E-state index contributed by atoms with van der Waals surface area (Å²) in [5, 5.41) is 2.73. The van der Waals surface area contributed by atoms with E-state index in [2.05, 4.69) is 9.97 Å². The fraction of sp³-hybridized carbons (Fsp3) is 0.111. The number of nitrogens with one attached hydrogen (secondary N) is 1. The predicted octanol–water partition coefficient (Wildman–Crippen LogP) is 1.59. The first-order valence-corrected chi connectivity index (χ1v) is 8.97. The molecule has 0 fully saturated rings. The van der Waals surface area contributed by atoms with Crippen molar-refractivity contribution < 1.29 is 14.3 Å². The van der Waals surface area contributed by atoms with Gasteiger partial charge in [0, 0.05) is 17.1 Å². The van der Waals surface area contributed by atoms with Gasteiger partial charge in [-0.3, -0.25) is 24.9 Å². The van der Waals surface area contributed by atoms with Gasteiger partial charge in [-0.15, -0.1) is 11.3 Å². The van der Waals surface area contributed by atoms with Crippen LogP contribution in [0.15, 0.2) is 48.0 Å². The molecule has 0 atom stereocenters. The number of hydrazine groups is 1. The van der Waals surface area contributed by atoms with Crippen molar-refractivity contribution >= 4 is 28.8 Å². The predicted molar refractivity (Wildman–Crippen MR) is 101 cm³/mol. The number of nitrogens with zero attached hydrogens (tertiary/aromatic N) is 3. The van der Waals surface area contributed by atoms with Gasteiger partial charge in [-0.1, -0.05) is 6.07 Å². The number of aromatic nitrogens is 2. The SMILES string of the molecule is NNC(=O)CN1C(=O)COc2ccc(-c3csc(-c4ccccn4)n3)cc21. The summed E-state index contributed by atoms with van der Waals surface area (Å²) in [6.07, 6.45) is 1.72. The molecule has 2 aromatic heterocycles. The normalized spacial score (nSPS) is 13.1. The van der Waals surface area contributed by atoms with E-state index in [-0.39, 0.29) is 19.1 Å². The molecular weight excluding hydrogens is 366 g/mol. The Morgan fingerprint density at radius 2 is 2.19 bits per heavy atom. The Balaban J connectivity index is 1.69. The van der Waals surface area contributed by atoms with Crippen molar-refractivity contribution in [2.75, 3.05) is 18.1 Å². The summed E-state index contributed by atoms with van der Waals surface area (Å²) in [5.41, 5.74) is 4.91. The number of benzene rings is 1. The van der Waals surface area contributed by atoms with Crippen LogP contribution >= 0.6 is 11.3 Å². The number of rotatable bonds is 4. The largest absolute Gasteiger partial charge is 0.482 e. The van der Waals surface area contributed by atoms with E-state index < -0.39 is 5.91 Å². The number of carbonyl (C=O) groups excluding carboxylic acids is 2. The van der Waals surface area contributed by atoms with Gasteiger partial charge in [0.25, 0.3) is 11.8 Å². The zero-order valence-electron chi connectivity index (χ0n) is 14.1. The molecule has 1 aliphatic rings. The van der Waals surface area contributed by atoms with Crippen LogP contribution in [0.3, 0.4) is 0 Å². The summed E-state index contributed by atoms with van der Waals surface area (Å²) >= 11 is 1.48. The second-order valence-electron chi connectivity index (χ2n) is 5.77. The second-order valence-corrected chi connectivity index (χ2v) is 6.63. The van der Waals surface area contributed by atoms with Crippen LogP contribution in [-0.2, 0) is 9.59 Å². The Labute approximate surface area is 158 Å². The van der Waals surface area contributed by atoms with E-state index in [0.29, 0.717) is 11.4 Å². The molecule has 0 radical (unpaired) electrons. The minimum Gasteiger partial charge on any atom is -0.482 e. The van der Waals surface area contributed by atoms with E-state index in [1.165, 1.54) is 16.2 Å². The van der Waals surface area contributed by atoms with Crippen LogP contribution in [0.5, 0.6) is 5.75 Å². The van der Waals surface area contributed by atoms with Crippen LogP contribution in [0.4, 0.5) is 5.69 Å². The summed E-state index contributed by atoms with van der Waals surface area (Å²) in [6, 6.07) is 11.1. The Morgan fingerprint density at radius 1 is 1.30 bits per heavy atom. The van der Waals surface area contributed by atoms with Gasteiger partial charge in [0.15, 0.2) is 6.61 Å². The van der Waals surface area contributed by atoms with Crippen LogP contribution in [0, 0.1) is 0 Å². The Bertz CT molecular complexity index is 1010. The third kappa shape index (κ3) is 3.37. The van der Waals surface area contributed by atoms with Gasteiger partial charge in [-0.2, -0.15) is 0 Å². The lowest BCUT2D eigenvalue weighted by molar-refractivity contribution is -0.125. The highest BCUT2D eigenvalue weighted by atomic mass is 32.1. The highest BCUT2D eigenvalue weighted by Crippen LogP contribution is 2.37. The molecule has 2 amide bonds. The lowest BCUT2D eigenvalue weighted by Gasteiger charge is -2.29. The molecule has 0 saturated carbocycles. The van der Waals surface area contributed by atoms with Gasteiger partial charge in [-0.05, 0) is 30.3 Å². The van der Waals surface area contributed by atoms with E-state index in [1.54, 1.807) is 18.3 Å². The minimum absolute atomic E-state index is 0.120. The molecule has 0 bridgehead atoms. The fourth-order valence-corrected chi connectivity index (χ4v) is 3.54. The van der Waals surface area contributed by atoms with Crippen molar-refractivity contribution in [1.82, 2.24) is 15.4 Å². The summed E-state index contributed by atoms with van der Waals surface area (Å²) < 4.78 is 5.46. The molecule has 3 aromatic rings. The highest BCUT2D eigenvalue weighted by Gasteiger charge is 2.27. The van der Waals surface area contributed by atoms with Gasteiger partial charge in [0.2, 0.25) is 0 Å². The van der Waals surface area contributed by atoms with Crippen molar-refractivity contribution in [3.05, 3.63) is 48.0 Å². The van der Waals surface area contributed by atoms with Crippen molar-refractivity contribution in [1.29, 1.82) is 0 Å². The zero-order chi connectivity index (χ0) is 18.8. The van der Waals surface area contributed by atoms with Crippen molar-refractivity contribution in [3.8, 4) is 27.7 Å². The molecule has 0 unspecified atom stereocenters. The molecule has 1 aliphatic heterocycles. The first kappa shape index (κ1) is 17.1. The number of thiazole rings is 1. The Morgan fingerprint density at radius 3 is 2.96 bits per heavy atom. The molecule has 8 nitrogen and oxygen atoms in total. The molecule has 3 N–H and O–H groups in total. The maximum Gasteiger partial charge on any atom is 0.265 e. The van der Waals surface area contributed by atoms with E-state index >= 15 is 0 Å². The quantitative estimate of drug-likeness (QED) is 0.403. The minimum atomic E-state index is -0.465. The third-order valence-electron chi connectivity index (χ3n) is 4.05. The number of anilines is 1. The molecular formula is C18H15N5O3S. The average molecular weight is 381 g/mol. The van der Waals surface area contributed by atoms with Crippen molar-refractivity contribution in [2.24, 2.45) is 5.84 Å². The average Bonchev–Trinajstić information content (AvgIpc) is 3.20. The lowest BCUT2D eigenvalue weighted by Crippen LogP contribution is -2.46. The smallest absolute Gasteiger partial charge is 0.265 e. The molecule has 27 heavy (non-hydrogen) atoms. The summed E-state index contributed by atoms with van der Waals surface area (Å²) in [4.78, 5) is 34.2. The standard InChI is InChI=1S/C18H15N5O3S/c19-22-16(24)8-23-14-7-11(4-5-15(14)26-9-17(23)25)13-10-27-18(21-13)12-3-1-2-6-20-12/h1-7,10H,8-9,19H2,(H,22,24). The van der Waals surface area contributed by atoms with Crippen LogP contribution in [-0.4, -0.2) is 34.9 Å². The van der Waals surface area contributed by atoms with E-state index in [0.717, 1.165) is 22.0 Å². The number of pyridine rings is 1. The third-order valence-corrected chi connectivity index (χ3v) is 4.91. The molecule has 0 spiro atoms. The van der Waals surface area contributed by atoms with Crippen LogP contribution in [0.1, 0.15) is 0 Å². The first-order valence-electron chi connectivity index (χ1n) is 8.09. The topological polar surface area (TPSA) is 110 Å². The molecule has 4 rings (SSSR count). The summed E-state index contributed by atoms with van der Waals surface area (Å²) in [5.74, 6) is 4.91. The maximum absolute atomic E-state index is 12.2. The van der Waals surface area contributed by atoms with Crippen molar-refractivity contribution in [2.45, 2.75) is 0 Å². The number of carbonyl (C=O) groups is 2. The van der Waals surface area contributed by atoms with Gasteiger partial charge < -0.3 is 4.74 Å². The Hall–Kier alpha value is -3.30. The molecule has 3 heterocycles. The number of hydrogen-bond acceptors (Lipinski definition) is 7. The number of nitrogens with two attached hydrogens (primary N) is 1. The van der Waals surface area contributed by atoms with Gasteiger partial charge >= 0.3 is 0 Å². The van der Waals surface area contributed by atoms with Gasteiger partial charge in [0.1, 0.15) is 17.3 Å². The Kier molecular flexibility index (Phi) is 4.53. The van der Waals surface area contributed by atoms with Gasteiger partial charge in [-0.25, -0.2) is 10.8 Å². The van der Waals surface area contributed by atoms with Gasteiger partial charge in [0.05, 0.1) is 17.1 Å². The van der Waals surface area contributed by atoms with Crippen LogP contribution in [0.25, 0.3) is 22.0 Å². The molecule has 1 aromatic carbocycles. The molecule has 9 heteroatoms. The van der Waals surface area contributed by atoms with E-state index in [4.69, 9.17) is 10.6 Å². The number of hydrogen-bond donors (Lipinski definition) is 2. The molecule has 136 valence electrons. The number of amides is 2. The molecule has 0 aliphatic carbocycles. The number of ether oxygens (including phenoxy) is 1. The van der Waals surface area contributed by atoms with Crippen LogP contribution < -0.4 is 20.9 Å². The fourth-order valence-electron chi connectivity index (χ4n) is 2.74. The van der Waals surface area contributed by atoms with Crippen molar-refractivity contribution in [3.63, 3.8) is 0 Å². The summed E-state index contributed by atoms with van der Waals surface area (Å²) in [6.45, 7) is -0.296. The molecule has 0 saturated heterocycles. The first-order chi connectivity index (χ1) is 13.2. The van der Waals surface area contributed by atoms with E-state index in [9.17, 15) is 9.59 Å². The highest BCUT2D eigenvalue weighted by molar-refractivity contribution is 7.13. The van der Waals surface area contributed by atoms with E-state index in [1.807, 2.05) is 35.1 Å². The monoisotopic (exact) mass is 381 g/mol. The lowest BCUT2D eigenvalue weighted by atomic mass is 10.1. The number of fused-ring (bicyclic) bond motifs is 1. The van der Waals surface area contributed by atoms with Crippen LogP contribution in [0.2, 0.25) is 0 Å². The maximum atomic E-state index is 12.2.